The first kappa shape index (κ1) is 11.2. The number of hydrogen-bond acceptors (Lipinski definition) is 2. The molecule has 84 valence electrons. The van der Waals surface area contributed by atoms with Gasteiger partial charge in [0.25, 0.3) is 0 Å². The Morgan fingerprint density at radius 2 is 1.75 bits per heavy atom. The fraction of sp³-hybridized carbons (Fsp3) is 0.286. The van der Waals surface area contributed by atoms with Crippen LogP contribution >= 0.6 is 11.3 Å². The summed E-state index contributed by atoms with van der Waals surface area (Å²) in [7, 11) is 0. The van der Waals surface area contributed by atoms with E-state index in [-0.39, 0.29) is 0 Å². The van der Waals surface area contributed by atoms with E-state index in [2.05, 4.69) is 44.2 Å². The largest absolute Gasteiger partial charge is 0.390 e. The van der Waals surface area contributed by atoms with Crippen molar-refractivity contribution in [3.05, 3.63) is 40.8 Å². The lowest BCUT2D eigenvalue weighted by Crippen LogP contribution is -1.84. The van der Waals surface area contributed by atoms with E-state index in [9.17, 15) is 0 Å². The molecule has 0 aliphatic rings. The molecule has 2 N–H and O–H groups in total. The molecule has 0 spiro atoms. The fourth-order valence-electron chi connectivity index (χ4n) is 1.78. The molecule has 2 heteroatoms. The first-order valence-corrected chi connectivity index (χ1v) is 6.53. The zero-order valence-corrected chi connectivity index (χ0v) is 10.6. The third-order valence-corrected chi connectivity index (χ3v) is 3.94. The predicted molar refractivity (Wildman–Crippen MR) is 72.9 cm³/mol. The number of thiophene rings is 1. The minimum absolute atomic E-state index is 0.932. The summed E-state index contributed by atoms with van der Waals surface area (Å²) in [4.78, 5) is 1.35. The molecule has 0 radical (unpaired) electrons. The number of aryl methyl sites for hydroxylation is 2. The quantitative estimate of drug-likeness (QED) is 0.844. The summed E-state index contributed by atoms with van der Waals surface area (Å²) < 4.78 is 0. The molecule has 16 heavy (non-hydrogen) atoms. The van der Waals surface area contributed by atoms with Gasteiger partial charge < -0.3 is 5.73 Å². The molecule has 0 fully saturated rings. The van der Waals surface area contributed by atoms with Crippen LogP contribution in [0.25, 0.3) is 11.1 Å². The van der Waals surface area contributed by atoms with Crippen molar-refractivity contribution in [3.63, 3.8) is 0 Å². The lowest BCUT2D eigenvalue weighted by Gasteiger charge is -2.01. The highest BCUT2D eigenvalue weighted by Crippen LogP contribution is 2.34. The monoisotopic (exact) mass is 231 g/mol. The smallest absolute Gasteiger partial charge is 0.0938 e. The molecule has 0 saturated carbocycles. The molecule has 0 unspecified atom stereocenters. The Hall–Kier alpha value is -1.28. The molecular formula is C14H17NS. The van der Waals surface area contributed by atoms with E-state index in [1.165, 1.54) is 21.6 Å². The van der Waals surface area contributed by atoms with Crippen LogP contribution in [0, 0.1) is 0 Å². The number of rotatable bonds is 3. The van der Waals surface area contributed by atoms with E-state index in [4.69, 9.17) is 5.73 Å². The maximum Gasteiger partial charge on any atom is 0.0938 e. The number of nitrogen functional groups attached to an aromatic ring is 1. The zero-order chi connectivity index (χ0) is 11.5. The van der Waals surface area contributed by atoms with E-state index in [0.717, 1.165) is 17.8 Å². The van der Waals surface area contributed by atoms with Gasteiger partial charge >= 0.3 is 0 Å². The van der Waals surface area contributed by atoms with Crippen LogP contribution in [0.5, 0.6) is 0 Å². The Bertz CT molecular complexity index is 468. The Balaban J connectivity index is 2.38. The van der Waals surface area contributed by atoms with Gasteiger partial charge in [-0.15, -0.1) is 11.3 Å². The summed E-state index contributed by atoms with van der Waals surface area (Å²) in [5, 5.41) is 0.932. The highest BCUT2D eigenvalue weighted by atomic mass is 32.1. The summed E-state index contributed by atoms with van der Waals surface area (Å²) in [5.41, 5.74) is 9.82. The minimum atomic E-state index is 0.932. The highest BCUT2D eigenvalue weighted by Gasteiger charge is 2.07. The second-order valence-electron chi connectivity index (χ2n) is 3.89. The van der Waals surface area contributed by atoms with Gasteiger partial charge in [-0.05, 0) is 30.0 Å². The van der Waals surface area contributed by atoms with Crippen molar-refractivity contribution in [2.24, 2.45) is 0 Å². The molecule has 0 amide bonds. The van der Waals surface area contributed by atoms with Crippen molar-refractivity contribution in [2.75, 3.05) is 5.73 Å². The van der Waals surface area contributed by atoms with Crippen LogP contribution in [-0.4, -0.2) is 0 Å². The van der Waals surface area contributed by atoms with Crippen LogP contribution in [0.15, 0.2) is 30.3 Å². The lowest BCUT2D eigenvalue weighted by molar-refractivity contribution is 1.14. The first-order chi connectivity index (χ1) is 7.74. The topological polar surface area (TPSA) is 26.0 Å². The van der Waals surface area contributed by atoms with Crippen LogP contribution in [0.3, 0.4) is 0 Å². The van der Waals surface area contributed by atoms with Gasteiger partial charge in [-0.1, -0.05) is 38.1 Å². The second kappa shape index (κ2) is 4.71. The van der Waals surface area contributed by atoms with Crippen LogP contribution in [0.1, 0.15) is 24.3 Å². The summed E-state index contributed by atoms with van der Waals surface area (Å²) >= 11 is 1.70. The van der Waals surface area contributed by atoms with Crippen molar-refractivity contribution >= 4 is 16.3 Å². The average molecular weight is 231 g/mol. The minimum Gasteiger partial charge on any atom is -0.390 e. The van der Waals surface area contributed by atoms with Gasteiger partial charge in [0.15, 0.2) is 0 Å². The summed E-state index contributed by atoms with van der Waals surface area (Å²) in [6.45, 7) is 4.33. The summed E-state index contributed by atoms with van der Waals surface area (Å²) in [5.74, 6) is 0. The molecule has 2 aromatic rings. The van der Waals surface area contributed by atoms with E-state index < -0.39 is 0 Å². The molecule has 1 nitrogen and oxygen atoms in total. The SMILES string of the molecule is CCc1ccc(-c2cc(CC)sc2N)cc1. The highest BCUT2D eigenvalue weighted by molar-refractivity contribution is 7.16. The first-order valence-electron chi connectivity index (χ1n) is 5.72. The van der Waals surface area contributed by atoms with Crippen molar-refractivity contribution in [1.82, 2.24) is 0 Å². The van der Waals surface area contributed by atoms with Crippen LogP contribution < -0.4 is 5.73 Å². The van der Waals surface area contributed by atoms with Crippen molar-refractivity contribution in [2.45, 2.75) is 26.7 Å². The molecule has 1 aromatic heterocycles. The summed E-state index contributed by atoms with van der Waals surface area (Å²) in [6, 6.07) is 10.9. The maximum atomic E-state index is 6.04. The Kier molecular flexibility index (Phi) is 3.30. The van der Waals surface area contributed by atoms with Gasteiger partial charge in [0.05, 0.1) is 5.00 Å². The van der Waals surface area contributed by atoms with Crippen molar-refractivity contribution in [3.8, 4) is 11.1 Å². The van der Waals surface area contributed by atoms with Gasteiger partial charge in [0, 0.05) is 10.4 Å². The molecule has 1 heterocycles. The second-order valence-corrected chi connectivity index (χ2v) is 5.06. The fourth-order valence-corrected chi connectivity index (χ4v) is 2.67. The number of hydrogen-bond donors (Lipinski definition) is 1. The number of anilines is 1. The molecule has 1 aromatic carbocycles. The standard InChI is InChI=1S/C14H17NS/c1-3-10-5-7-11(8-6-10)13-9-12(4-2)16-14(13)15/h5-9H,3-4,15H2,1-2H3. The van der Waals surface area contributed by atoms with E-state index in [0.29, 0.717) is 0 Å². The average Bonchev–Trinajstić information content (AvgIpc) is 2.71. The molecular weight excluding hydrogens is 214 g/mol. The molecule has 0 aliphatic carbocycles. The molecule has 0 saturated heterocycles. The van der Waals surface area contributed by atoms with Crippen LogP contribution in [0.4, 0.5) is 5.00 Å². The van der Waals surface area contributed by atoms with E-state index >= 15 is 0 Å². The number of benzene rings is 1. The Morgan fingerprint density at radius 1 is 1.06 bits per heavy atom. The third-order valence-electron chi connectivity index (χ3n) is 2.83. The van der Waals surface area contributed by atoms with Crippen LogP contribution in [-0.2, 0) is 12.8 Å². The van der Waals surface area contributed by atoms with Crippen molar-refractivity contribution in [1.29, 1.82) is 0 Å². The Morgan fingerprint density at radius 3 is 2.25 bits per heavy atom. The lowest BCUT2D eigenvalue weighted by atomic mass is 10.0. The van der Waals surface area contributed by atoms with Gasteiger partial charge in [0.1, 0.15) is 0 Å². The number of nitrogens with two attached hydrogens (primary N) is 1. The van der Waals surface area contributed by atoms with Crippen LogP contribution in [0.2, 0.25) is 0 Å². The molecule has 0 aliphatic heterocycles. The van der Waals surface area contributed by atoms with E-state index in [1.54, 1.807) is 11.3 Å². The van der Waals surface area contributed by atoms with Crippen molar-refractivity contribution < 1.29 is 0 Å². The third kappa shape index (κ3) is 2.12. The van der Waals surface area contributed by atoms with Gasteiger partial charge in [-0.3, -0.25) is 0 Å². The van der Waals surface area contributed by atoms with Gasteiger partial charge in [0.2, 0.25) is 0 Å². The predicted octanol–water partition coefficient (Wildman–Crippen LogP) is 4.12. The van der Waals surface area contributed by atoms with Gasteiger partial charge in [-0.25, -0.2) is 0 Å². The van der Waals surface area contributed by atoms with E-state index in [1.807, 2.05) is 0 Å². The van der Waals surface area contributed by atoms with Gasteiger partial charge in [-0.2, -0.15) is 0 Å². The normalized spacial score (nSPS) is 10.6. The zero-order valence-electron chi connectivity index (χ0n) is 9.79. The molecule has 0 bridgehead atoms. The molecule has 0 atom stereocenters. The maximum absolute atomic E-state index is 6.04. The molecule has 2 rings (SSSR count). The summed E-state index contributed by atoms with van der Waals surface area (Å²) in [6.07, 6.45) is 2.14. The Labute approximate surface area is 101 Å².